The van der Waals surface area contributed by atoms with Gasteiger partial charge in [0, 0.05) is 17.2 Å². The van der Waals surface area contributed by atoms with Crippen molar-refractivity contribution in [2.75, 3.05) is 5.32 Å². The molecule has 1 amide bonds. The minimum absolute atomic E-state index is 0.0344. The number of aromatic nitrogens is 1. The summed E-state index contributed by atoms with van der Waals surface area (Å²) in [6.07, 6.45) is 7.69. The van der Waals surface area contributed by atoms with Crippen LogP contribution < -0.4 is 5.32 Å². The smallest absolute Gasteiger partial charge is 0.223 e. The Balaban J connectivity index is 1.35. The molecule has 1 saturated heterocycles. The molecule has 0 bridgehead atoms. The number of carbonyl (C=O) groups excluding carboxylic acids is 1. The van der Waals surface area contributed by atoms with Gasteiger partial charge in [-0.05, 0) is 112 Å². The third-order valence-electron chi connectivity index (χ3n) is 13.5. The number of hydrogen-bond acceptors (Lipinski definition) is 6. The molecule has 3 N–H and O–H groups in total. The number of amides is 1. The molecule has 0 spiro atoms. The number of hydrogen-bond donors (Lipinski definition) is 3. The molecule has 10 atom stereocenters. The molecule has 1 aromatic rings. The van der Waals surface area contributed by atoms with Crippen LogP contribution in [-0.2, 0) is 21.4 Å². The molecule has 4 aliphatic carbocycles. The van der Waals surface area contributed by atoms with Gasteiger partial charge in [-0.1, -0.05) is 34.6 Å². The van der Waals surface area contributed by atoms with Crippen LogP contribution in [0.5, 0.6) is 0 Å². The lowest BCUT2D eigenvalue weighted by Crippen LogP contribution is -2.66. The number of aliphatic hydroxyl groups excluding tert-OH is 1. The second-order valence-corrected chi connectivity index (χ2v) is 17.5. The predicted molar refractivity (Wildman–Crippen MR) is 159 cm³/mol. The summed E-state index contributed by atoms with van der Waals surface area (Å²) in [6, 6.07) is 0. The molecule has 6 nitrogen and oxygen atoms in total. The summed E-state index contributed by atoms with van der Waals surface area (Å²) in [7, 11) is 0. The first-order chi connectivity index (χ1) is 18.4. The van der Waals surface area contributed by atoms with Crippen LogP contribution in [0.3, 0.4) is 0 Å². The van der Waals surface area contributed by atoms with E-state index in [4.69, 9.17) is 9.72 Å². The van der Waals surface area contributed by atoms with E-state index in [9.17, 15) is 15.0 Å². The van der Waals surface area contributed by atoms with Crippen molar-refractivity contribution in [3.8, 4) is 0 Å². The molecule has 1 unspecified atom stereocenters. The van der Waals surface area contributed by atoms with Crippen molar-refractivity contribution >= 4 is 22.4 Å². The zero-order valence-electron chi connectivity index (χ0n) is 26.2. The molecule has 4 fully saturated rings. The first-order valence-corrected chi connectivity index (χ1v) is 16.5. The van der Waals surface area contributed by atoms with Gasteiger partial charge in [0.15, 0.2) is 5.13 Å². The molecule has 0 aromatic carbocycles. The summed E-state index contributed by atoms with van der Waals surface area (Å²) in [5, 5.41) is 26.5. The average Bonchev–Trinajstić information content (AvgIpc) is 3.51. The number of anilines is 1. The normalized spacial score (nSPS) is 47.7. The Bertz CT molecular complexity index is 1210. The van der Waals surface area contributed by atoms with Crippen LogP contribution in [-0.4, -0.2) is 44.5 Å². The fourth-order valence-electron chi connectivity index (χ4n) is 11.6. The zero-order valence-corrected chi connectivity index (χ0v) is 27.0. The van der Waals surface area contributed by atoms with E-state index in [0.717, 1.165) is 43.7 Å². The van der Waals surface area contributed by atoms with Crippen LogP contribution in [0.25, 0.3) is 0 Å². The quantitative estimate of drug-likeness (QED) is 0.386. The molecule has 40 heavy (non-hydrogen) atoms. The summed E-state index contributed by atoms with van der Waals surface area (Å²) in [5.74, 6) is 1.33. The van der Waals surface area contributed by atoms with Gasteiger partial charge in [0.05, 0.1) is 29.1 Å². The van der Waals surface area contributed by atoms with Crippen LogP contribution in [0.2, 0.25) is 0 Å². The summed E-state index contributed by atoms with van der Waals surface area (Å²) in [4.78, 5) is 18.1. The van der Waals surface area contributed by atoms with Crippen molar-refractivity contribution < 1.29 is 19.7 Å². The Hall–Kier alpha value is -1.02. The lowest BCUT2D eigenvalue weighted by Gasteiger charge is -2.69. The van der Waals surface area contributed by atoms with Gasteiger partial charge < -0.3 is 20.3 Å². The summed E-state index contributed by atoms with van der Waals surface area (Å²) < 4.78 is 6.71. The van der Waals surface area contributed by atoms with Crippen molar-refractivity contribution in [2.45, 2.75) is 143 Å². The number of ether oxygens (including phenoxy) is 1. The summed E-state index contributed by atoms with van der Waals surface area (Å²) in [6.45, 7) is 19.8. The number of rotatable bonds is 3. The maximum absolute atomic E-state index is 12.1. The molecule has 1 aliphatic heterocycles. The first kappa shape index (κ1) is 29.1. The third-order valence-corrected chi connectivity index (χ3v) is 14.5. The SMILES string of the molecule is CC(=O)Nc1nc2c(s1)C[C@]1(C)[C@H]3C[C@@H](O)[C@@H]4C([C@]5(C)CC[C@H](C(C)(C)O)O5)CC[C@@]4(C)[C@]3(C)CC[C@H]1C2(C)C. The monoisotopic (exact) mass is 572 g/mol. The highest BCUT2D eigenvalue weighted by Gasteiger charge is 2.72. The van der Waals surface area contributed by atoms with Crippen molar-refractivity contribution in [1.29, 1.82) is 0 Å². The first-order valence-electron chi connectivity index (χ1n) is 15.7. The van der Waals surface area contributed by atoms with E-state index in [0.29, 0.717) is 17.8 Å². The van der Waals surface area contributed by atoms with Crippen LogP contribution in [0.15, 0.2) is 0 Å². The van der Waals surface area contributed by atoms with Gasteiger partial charge in [-0.25, -0.2) is 4.98 Å². The molecule has 6 rings (SSSR count). The number of nitrogens with zero attached hydrogens (tertiary/aromatic N) is 1. The highest BCUT2D eigenvalue weighted by Crippen LogP contribution is 2.76. The van der Waals surface area contributed by atoms with E-state index >= 15 is 0 Å². The number of carbonyl (C=O) groups is 1. The molecule has 3 saturated carbocycles. The van der Waals surface area contributed by atoms with Crippen molar-refractivity contribution in [1.82, 2.24) is 4.98 Å². The van der Waals surface area contributed by atoms with Gasteiger partial charge in [0.25, 0.3) is 0 Å². The Morgan fingerprint density at radius 2 is 1.70 bits per heavy atom. The van der Waals surface area contributed by atoms with Crippen LogP contribution in [0, 0.1) is 39.9 Å². The van der Waals surface area contributed by atoms with Crippen LogP contribution in [0.1, 0.15) is 118 Å². The molecule has 5 aliphatic rings. The maximum Gasteiger partial charge on any atom is 0.223 e. The highest BCUT2D eigenvalue weighted by molar-refractivity contribution is 7.15. The molecular weight excluding hydrogens is 520 g/mol. The van der Waals surface area contributed by atoms with E-state index < -0.39 is 5.60 Å². The van der Waals surface area contributed by atoms with Crippen LogP contribution >= 0.6 is 11.3 Å². The summed E-state index contributed by atoms with van der Waals surface area (Å²) >= 11 is 1.65. The molecule has 7 heteroatoms. The fourth-order valence-corrected chi connectivity index (χ4v) is 12.9. The minimum Gasteiger partial charge on any atom is -0.393 e. The van der Waals surface area contributed by atoms with Gasteiger partial charge in [-0.2, -0.15) is 0 Å². The largest absolute Gasteiger partial charge is 0.393 e. The Morgan fingerprint density at radius 3 is 2.33 bits per heavy atom. The van der Waals surface area contributed by atoms with Gasteiger partial charge in [-0.15, -0.1) is 11.3 Å². The molecule has 1 aromatic heterocycles. The fraction of sp³-hybridized carbons (Fsp3) is 0.879. The lowest BCUT2D eigenvalue weighted by molar-refractivity contribution is -0.227. The Labute approximate surface area is 245 Å². The van der Waals surface area contributed by atoms with Gasteiger partial charge in [0.2, 0.25) is 5.91 Å². The van der Waals surface area contributed by atoms with Gasteiger partial charge in [-0.3, -0.25) is 4.79 Å². The summed E-state index contributed by atoms with van der Waals surface area (Å²) in [5.41, 5.74) is 0.139. The van der Waals surface area contributed by atoms with E-state index in [1.54, 1.807) is 18.3 Å². The van der Waals surface area contributed by atoms with E-state index in [1.807, 2.05) is 13.8 Å². The van der Waals surface area contributed by atoms with Crippen molar-refractivity contribution in [3.63, 3.8) is 0 Å². The van der Waals surface area contributed by atoms with E-state index in [1.165, 1.54) is 23.4 Å². The zero-order chi connectivity index (χ0) is 29.3. The van der Waals surface area contributed by atoms with E-state index in [-0.39, 0.29) is 51.3 Å². The maximum atomic E-state index is 12.1. The van der Waals surface area contributed by atoms with E-state index in [2.05, 4.69) is 46.9 Å². The molecular formula is C33H52N2O4S. The predicted octanol–water partition coefficient (Wildman–Crippen LogP) is 6.48. The van der Waals surface area contributed by atoms with Crippen molar-refractivity contribution in [2.24, 2.45) is 39.9 Å². The standard InChI is InChI=1S/C33H52N2O4S/c1-18(36)34-27-35-26-21(40-27)17-30(6)22(28(26,2)3)11-14-31(7)23(30)16-20(37)25-19(10-13-32(25,31)8)33(9)15-12-24(39-33)29(4,5)38/h19-20,22-25,37-38H,10-17H2,1-9H3,(H,34,35,36)/t19?,20-,22+,23-,24-,25+,30+,31-,32-,33+/m1/s1. The minimum atomic E-state index is -0.849. The lowest BCUT2D eigenvalue weighted by atomic mass is 9.35. The molecule has 0 radical (unpaired) electrons. The average molecular weight is 573 g/mol. The number of fused-ring (bicyclic) bond motifs is 6. The number of aliphatic hydroxyl groups is 2. The topological polar surface area (TPSA) is 91.7 Å². The second kappa shape index (κ2) is 8.76. The molecule has 2 heterocycles. The van der Waals surface area contributed by atoms with Gasteiger partial charge >= 0.3 is 0 Å². The number of nitrogens with one attached hydrogen (secondary N) is 1. The third kappa shape index (κ3) is 3.82. The Kier molecular flexibility index (Phi) is 6.37. The Morgan fingerprint density at radius 1 is 1.02 bits per heavy atom. The van der Waals surface area contributed by atoms with Crippen LogP contribution in [0.4, 0.5) is 5.13 Å². The second-order valence-electron chi connectivity index (χ2n) is 16.4. The molecule has 224 valence electrons. The number of thiazole rings is 1. The highest BCUT2D eigenvalue weighted by atomic mass is 32.1. The van der Waals surface area contributed by atoms with Crippen molar-refractivity contribution in [3.05, 3.63) is 10.6 Å². The van der Waals surface area contributed by atoms with Gasteiger partial charge in [0.1, 0.15) is 0 Å².